The van der Waals surface area contributed by atoms with E-state index in [4.69, 9.17) is 11.6 Å². The van der Waals surface area contributed by atoms with E-state index in [0.29, 0.717) is 29.5 Å². The summed E-state index contributed by atoms with van der Waals surface area (Å²) in [6, 6.07) is 3.91. The van der Waals surface area contributed by atoms with Crippen LogP contribution < -0.4 is 0 Å². The first-order valence-corrected chi connectivity index (χ1v) is 10.1. The van der Waals surface area contributed by atoms with Gasteiger partial charge in [-0.25, -0.2) is 4.98 Å². The van der Waals surface area contributed by atoms with Crippen molar-refractivity contribution in [2.24, 2.45) is 0 Å². The maximum absolute atomic E-state index is 13.2. The minimum atomic E-state index is 0.00795. The number of fused-ring (bicyclic) bond motifs is 1. The fourth-order valence-corrected chi connectivity index (χ4v) is 4.65. The van der Waals surface area contributed by atoms with Gasteiger partial charge < -0.3 is 9.47 Å². The Morgan fingerprint density at radius 1 is 1.31 bits per heavy atom. The van der Waals surface area contributed by atoms with Gasteiger partial charge in [-0.3, -0.25) is 9.78 Å². The minimum absolute atomic E-state index is 0.00795. The van der Waals surface area contributed by atoms with E-state index in [1.807, 2.05) is 33.2 Å². The molecule has 0 fully saturated rings. The number of carbonyl (C=O) groups is 1. The quantitative estimate of drug-likeness (QED) is 0.475. The van der Waals surface area contributed by atoms with Crippen molar-refractivity contribution in [2.75, 3.05) is 6.54 Å². The summed E-state index contributed by atoms with van der Waals surface area (Å²) in [5.41, 5.74) is 1.13. The molecular formula is C18H15ClN4OS2. The zero-order valence-electron chi connectivity index (χ0n) is 13.7. The van der Waals surface area contributed by atoms with Crippen molar-refractivity contribution < 1.29 is 4.79 Å². The van der Waals surface area contributed by atoms with Gasteiger partial charge in [0, 0.05) is 49.8 Å². The third kappa shape index (κ3) is 3.65. The molecule has 132 valence electrons. The van der Waals surface area contributed by atoms with E-state index in [2.05, 4.69) is 15.3 Å². The molecule has 0 N–H and O–H groups in total. The second kappa shape index (κ2) is 7.57. The number of hydrogen-bond acceptors (Lipinski definition) is 5. The molecule has 0 aliphatic rings. The van der Waals surface area contributed by atoms with Crippen molar-refractivity contribution in [3.05, 3.63) is 69.5 Å². The summed E-state index contributed by atoms with van der Waals surface area (Å²) in [6.07, 6.45) is 8.76. The molecule has 0 bridgehead atoms. The highest BCUT2D eigenvalue weighted by atomic mass is 35.5. The highest BCUT2D eigenvalue weighted by Gasteiger charge is 2.19. The molecule has 5 nitrogen and oxygen atoms in total. The van der Waals surface area contributed by atoms with Crippen molar-refractivity contribution in [3.8, 4) is 0 Å². The molecule has 4 heterocycles. The lowest BCUT2D eigenvalue weighted by atomic mass is 10.2. The number of halogens is 1. The second-order valence-electron chi connectivity index (χ2n) is 5.80. The molecule has 26 heavy (non-hydrogen) atoms. The number of pyridine rings is 1. The molecule has 8 heteroatoms. The number of hydrogen-bond donors (Lipinski definition) is 0. The zero-order chi connectivity index (χ0) is 17.9. The maximum Gasteiger partial charge on any atom is 0.264 e. The molecule has 0 aromatic carbocycles. The molecule has 0 radical (unpaired) electrons. The Kier molecular flexibility index (Phi) is 5.01. The largest absolute Gasteiger partial charge is 0.336 e. The fourth-order valence-electron chi connectivity index (χ4n) is 2.70. The van der Waals surface area contributed by atoms with Gasteiger partial charge >= 0.3 is 0 Å². The number of nitrogens with zero attached hydrogens (tertiary/aromatic N) is 4. The van der Waals surface area contributed by atoms with Crippen LogP contribution in [0.15, 0.2) is 54.0 Å². The predicted octanol–water partition coefficient (Wildman–Crippen LogP) is 4.55. The number of rotatable bonds is 6. The lowest BCUT2D eigenvalue weighted by molar-refractivity contribution is 0.0742. The van der Waals surface area contributed by atoms with Crippen molar-refractivity contribution in [1.29, 1.82) is 0 Å². The molecule has 0 aliphatic carbocycles. The highest BCUT2D eigenvalue weighted by Crippen LogP contribution is 2.31. The van der Waals surface area contributed by atoms with Crippen LogP contribution in [-0.4, -0.2) is 31.9 Å². The molecule has 0 aliphatic heterocycles. The SMILES string of the molecule is O=C(c1cc2c(Cl)cncc2s1)N(CCn1ccnc1)Cc1ccsc1. The van der Waals surface area contributed by atoms with Gasteiger partial charge in [-0.05, 0) is 28.5 Å². The lowest BCUT2D eigenvalue weighted by Gasteiger charge is -2.22. The van der Waals surface area contributed by atoms with Crippen molar-refractivity contribution in [1.82, 2.24) is 19.4 Å². The number of carbonyl (C=O) groups excluding carboxylic acids is 1. The van der Waals surface area contributed by atoms with Crippen LogP contribution in [0, 0.1) is 0 Å². The van der Waals surface area contributed by atoms with E-state index in [1.165, 1.54) is 11.3 Å². The smallest absolute Gasteiger partial charge is 0.264 e. The van der Waals surface area contributed by atoms with E-state index in [9.17, 15) is 4.79 Å². The van der Waals surface area contributed by atoms with Crippen LogP contribution in [0.5, 0.6) is 0 Å². The first-order chi connectivity index (χ1) is 12.7. The molecule has 1 amide bonds. The first-order valence-electron chi connectivity index (χ1n) is 8.00. The van der Waals surface area contributed by atoms with Crippen LogP contribution in [0.3, 0.4) is 0 Å². The molecule has 0 spiro atoms. The summed E-state index contributed by atoms with van der Waals surface area (Å²) < 4.78 is 2.89. The van der Waals surface area contributed by atoms with E-state index < -0.39 is 0 Å². The number of aromatic nitrogens is 3. The summed E-state index contributed by atoms with van der Waals surface area (Å²) in [6.45, 7) is 1.88. The summed E-state index contributed by atoms with van der Waals surface area (Å²) in [5.74, 6) is 0.00795. The normalized spacial score (nSPS) is 11.1. The number of imidazole rings is 1. The molecule has 4 rings (SSSR count). The van der Waals surface area contributed by atoms with Crippen LogP contribution >= 0.6 is 34.3 Å². The van der Waals surface area contributed by atoms with Gasteiger partial charge in [-0.2, -0.15) is 11.3 Å². The van der Waals surface area contributed by atoms with Gasteiger partial charge in [-0.15, -0.1) is 11.3 Å². The van der Waals surface area contributed by atoms with E-state index >= 15 is 0 Å². The summed E-state index contributed by atoms with van der Waals surface area (Å²) >= 11 is 9.27. The van der Waals surface area contributed by atoms with Crippen LogP contribution in [-0.2, 0) is 13.1 Å². The molecule has 0 atom stereocenters. The average molecular weight is 403 g/mol. The van der Waals surface area contributed by atoms with Gasteiger partial charge in [0.1, 0.15) is 0 Å². The van der Waals surface area contributed by atoms with E-state index in [1.54, 1.807) is 36.3 Å². The van der Waals surface area contributed by atoms with Gasteiger partial charge in [0.25, 0.3) is 5.91 Å². The Morgan fingerprint density at radius 2 is 2.23 bits per heavy atom. The van der Waals surface area contributed by atoms with Gasteiger partial charge in [0.2, 0.25) is 0 Å². The van der Waals surface area contributed by atoms with Crippen molar-refractivity contribution >= 4 is 50.3 Å². The summed E-state index contributed by atoms with van der Waals surface area (Å²) in [4.78, 5) is 23.9. The first kappa shape index (κ1) is 17.2. The van der Waals surface area contributed by atoms with Gasteiger partial charge in [-0.1, -0.05) is 11.6 Å². The average Bonchev–Trinajstić information content (AvgIpc) is 3.39. The third-order valence-electron chi connectivity index (χ3n) is 4.04. The van der Waals surface area contributed by atoms with Crippen LogP contribution in [0.1, 0.15) is 15.2 Å². The standard InChI is InChI=1S/C18H15ClN4OS2/c19-15-8-21-9-17-14(15)7-16(26-17)18(24)23(10-13-1-6-25-11-13)5-4-22-3-2-20-12-22/h1-3,6-9,11-12H,4-5,10H2. The van der Waals surface area contributed by atoms with E-state index in [0.717, 1.165) is 15.6 Å². The maximum atomic E-state index is 13.2. The van der Waals surface area contributed by atoms with Crippen molar-refractivity contribution in [2.45, 2.75) is 13.1 Å². The molecule has 4 aromatic heterocycles. The second-order valence-corrected chi connectivity index (χ2v) is 8.07. The summed E-state index contributed by atoms with van der Waals surface area (Å²) in [7, 11) is 0. The van der Waals surface area contributed by atoms with Crippen molar-refractivity contribution in [3.63, 3.8) is 0 Å². The Balaban J connectivity index is 1.60. The molecule has 0 saturated heterocycles. The molecule has 4 aromatic rings. The molecule has 0 unspecified atom stereocenters. The van der Waals surface area contributed by atoms with Gasteiger partial charge in [0.15, 0.2) is 0 Å². The molecular weight excluding hydrogens is 388 g/mol. The summed E-state index contributed by atoms with van der Waals surface area (Å²) in [5, 5.41) is 5.54. The monoisotopic (exact) mass is 402 g/mol. The van der Waals surface area contributed by atoms with Gasteiger partial charge in [0.05, 0.1) is 20.9 Å². The highest BCUT2D eigenvalue weighted by molar-refractivity contribution is 7.20. The van der Waals surface area contributed by atoms with Crippen LogP contribution in [0.25, 0.3) is 10.1 Å². The Hall–Kier alpha value is -2.22. The van der Waals surface area contributed by atoms with Crippen LogP contribution in [0.4, 0.5) is 0 Å². The minimum Gasteiger partial charge on any atom is -0.336 e. The topological polar surface area (TPSA) is 51.0 Å². The lowest BCUT2D eigenvalue weighted by Crippen LogP contribution is -2.32. The zero-order valence-corrected chi connectivity index (χ0v) is 16.1. The number of amides is 1. The Morgan fingerprint density at radius 3 is 2.96 bits per heavy atom. The Bertz CT molecular complexity index is 1010. The van der Waals surface area contributed by atoms with Crippen LogP contribution in [0.2, 0.25) is 5.02 Å². The third-order valence-corrected chi connectivity index (χ3v) is 6.13. The predicted molar refractivity (Wildman–Crippen MR) is 106 cm³/mol. The van der Waals surface area contributed by atoms with E-state index in [-0.39, 0.29) is 5.91 Å². The Labute approximate surface area is 163 Å². The number of thiophene rings is 2. The molecule has 0 saturated carbocycles. The fraction of sp³-hybridized carbons (Fsp3) is 0.167.